The molecule has 0 N–H and O–H groups in total. The molecule has 32 heavy (non-hydrogen) atoms. The maximum absolute atomic E-state index is 12.6. The van der Waals surface area contributed by atoms with Crippen LogP contribution in [0.15, 0.2) is 36.5 Å². The minimum atomic E-state index is -0.313. The minimum Gasteiger partial charge on any atom is -0.493 e. The number of hydrogen-bond donors (Lipinski definition) is 0. The number of anilines is 1. The van der Waals surface area contributed by atoms with E-state index in [0.717, 1.165) is 46.4 Å². The van der Waals surface area contributed by atoms with Gasteiger partial charge in [0.05, 0.1) is 32.0 Å². The van der Waals surface area contributed by atoms with Crippen molar-refractivity contribution in [3.05, 3.63) is 47.7 Å². The summed E-state index contributed by atoms with van der Waals surface area (Å²) in [7, 11) is 3.21. The number of methoxy groups -OCH3 is 2. The Balaban J connectivity index is 1.64. The number of fused-ring (bicyclic) bond motifs is 2. The van der Waals surface area contributed by atoms with Crippen molar-refractivity contribution in [2.24, 2.45) is 0 Å². The Hall–Kier alpha value is -3.32. The number of esters is 1. The zero-order valence-electron chi connectivity index (χ0n) is 18.7. The number of nitrogens with zero attached hydrogens (tertiary/aromatic N) is 2. The van der Waals surface area contributed by atoms with E-state index >= 15 is 0 Å². The van der Waals surface area contributed by atoms with Crippen LogP contribution >= 0.6 is 0 Å². The van der Waals surface area contributed by atoms with Gasteiger partial charge < -0.3 is 23.8 Å². The number of cyclic esters (lactones) is 1. The quantitative estimate of drug-likeness (QED) is 0.570. The van der Waals surface area contributed by atoms with Gasteiger partial charge in [-0.3, -0.25) is 0 Å². The van der Waals surface area contributed by atoms with Crippen LogP contribution in [0.5, 0.6) is 11.5 Å². The van der Waals surface area contributed by atoms with Crippen LogP contribution in [0.4, 0.5) is 5.82 Å². The number of ether oxygens (including phenoxy) is 4. The molecule has 1 saturated heterocycles. The molecule has 2 aliphatic heterocycles. The highest BCUT2D eigenvalue weighted by Crippen LogP contribution is 2.42. The molecule has 0 radical (unpaired) electrons. The largest absolute Gasteiger partial charge is 0.493 e. The molecule has 0 unspecified atom stereocenters. The van der Waals surface area contributed by atoms with E-state index in [1.807, 2.05) is 36.5 Å². The van der Waals surface area contributed by atoms with Gasteiger partial charge in [-0.25, -0.2) is 9.78 Å². The highest BCUT2D eigenvalue weighted by Gasteiger charge is 2.29. The van der Waals surface area contributed by atoms with E-state index in [9.17, 15) is 4.79 Å². The Kier molecular flexibility index (Phi) is 5.13. The van der Waals surface area contributed by atoms with Crippen LogP contribution < -0.4 is 14.4 Å². The minimum absolute atomic E-state index is 0.152. The average Bonchev–Trinajstić information content (AvgIpc) is 3.16. The summed E-state index contributed by atoms with van der Waals surface area (Å²) in [5.41, 5.74) is 3.12. The Morgan fingerprint density at radius 1 is 1.00 bits per heavy atom. The first-order valence-corrected chi connectivity index (χ1v) is 10.7. The lowest BCUT2D eigenvalue weighted by Gasteiger charge is -2.36. The van der Waals surface area contributed by atoms with Crippen molar-refractivity contribution in [2.45, 2.75) is 32.7 Å². The molecule has 2 aromatic carbocycles. The van der Waals surface area contributed by atoms with Gasteiger partial charge in [0.2, 0.25) is 0 Å². The van der Waals surface area contributed by atoms with Gasteiger partial charge >= 0.3 is 5.97 Å². The summed E-state index contributed by atoms with van der Waals surface area (Å²) >= 11 is 0. The number of carbonyl (C=O) groups is 1. The summed E-state index contributed by atoms with van der Waals surface area (Å²) in [6.45, 7) is 6.00. The van der Waals surface area contributed by atoms with Crippen LogP contribution in [0, 0.1) is 0 Å². The van der Waals surface area contributed by atoms with Gasteiger partial charge in [0.15, 0.2) is 11.5 Å². The molecule has 1 fully saturated rings. The van der Waals surface area contributed by atoms with Gasteiger partial charge in [0, 0.05) is 36.0 Å². The van der Waals surface area contributed by atoms with E-state index in [2.05, 4.69) is 18.7 Å². The molecular formula is C25H26N2O5. The predicted octanol–water partition coefficient (Wildman–Crippen LogP) is 4.20. The molecule has 0 amide bonds. The molecule has 2 aliphatic rings. The topological polar surface area (TPSA) is 70.1 Å². The standard InChI is InChI=1S/C25H26N2O5/c1-14-11-27(12-15(2)32-14)22-6-5-16(10-26-22)23-19-9-21(30-4)20(29-3)8-17(19)7-18-13-31-25(28)24(18)23/h5-10,14-15H,11-13H2,1-4H3/t14-,15+. The average molecular weight is 434 g/mol. The second-order valence-electron chi connectivity index (χ2n) is 8.36. The van der Waals surface area contributed by atoms with E-state index in [1.165, 1.54) is 0 Å². The second-order valence-corrected chi connectivity index (χ2v) is 8.36. The fourth-order valence-corrected chi connectivity index (χ4v) is 4.73. The maximum atomic E-state index is 12.6. The Bertz CT molecular complexity index is 1180. The van der Waals surface area contributed by atoms with Gasteiger partial charge in [-0.05, 0) is 55.0 Å². The molecule has 3 heterocycles. The summed E-state index contributed by atoms with van der Waals surface area (Å²) in [4.78, 5) is 19.6. The Morgan fingerprint density at radius 2 is 1.72 bits per heavy atom. The first kappa shape index (κ1) is 20.6. The van der Waals surface area contributed by atoms with E-state index in [4.69, 9.17) is 23.9 Å². The van der Waals surface area contributed by atoms with Crippen LogP contribution in [-0.4, -0.2) is 50.5 Å². The number of pyridine rings is 1. The van der Waals surface area contributed by atoms with E-state index in [0.29, 0.717) is 17.1 Å². The number of morpholine rings is 1. The zero-order chi connectivity index (χ0) is 22.4. The maximum Gasteiger partial charge on any atom is 0.339 e. The smallest absolute Gasteiger partial charge is 0.339 e. The lowest BCUT2D eigenvalue weighted by molar-refractivity contribution is -0.00546. The molecule has 0 bridgehead atoms. The highest BCUT2D eigenvalue weighted by atomic mass is 16.5. The second kappa shape index (κ2) is 7.98. The van der Waals surface area contributed by atoms with Crippen LogP contribution in [0.2, 0.25) is 0 Å². The molecule has 166 valence electrons. The van der Waals surface area contributed by atoms with Crippen LogP contribution in [-0.2, 0) is 16.1 Å². The third kappa shape index (κ3) is 3.42. The first-order valence-electron chi connectivity index (χ1n) is 10.7. The molecule has 0 saturated carbocycles. The molecule has 0 aliphatic carbocycles. The lowest BCUT2D eigenvalue weighted by Crippen LogP contribution is -2.45. The van der Waals surface area contributed by atoms with Gasteiger partial charge in [0.1, 0.15) is 12.4 Å². The van der Waals surface area contributed by atoms with Crippen molar-refractivity contribution >= 4 is 22.6 Å². The van der Waals surface area contributed by atoms with Crippen molar-refractivity contribution in [3.8, 4) is 22.6 Å². The zero-order valence-corrected chi connectivity index (χ0v) is 18.7. The third-order valence-electron chi connectivity index (χ3n) is 6.07. The molecule has 2 atom stereocenters. The summed E-state index contributed by atoms with van der Waals surface area (Å²) in [5.74, 6) is 1.83. The first-order chi connectivity index (χ1) is 15.5. The van der Waals surface area contributed by atoms with Crippen LogP contribution in [0.1, 0.15) is 29.8 Å². The number of hydrogen-bond acceptors (Lipinski definition) is 7. The van der Waals surface area contributed by atoms with Gasteiger partial charge in [-0.2, -0.15) is 0 Å². The third-order valence-corrected chi connectivity index (χ3v) is 6.07. The van der Waals surface area contributed by atoms with Crippen molar-refractivity contribution < 1.29 is 23.7 Å². The van der Waals surface area contributed by atoms with Gasteiger partial charge in [-0.15, -0.1) is 0 Å². The SMILES string of the molecule is COc1cc2cc3c(c(-c4ccc(N5C[C@@H](C)O[C@@H](C)C5)nc4)c2cc1OC)C(=O)OC3. The monoisotopic (exact) mass is 434 g/mol. The Morgan fingerprint density at radius 3 is 2.38 bits per heavy atom. The summed E-state index contributed by atoms with van der Waals surface area (Å²) in [6.07, 6.45) is 2.13. The predicted molar refractivity (Wildman–Crippen MR) is 122 cm³/mol. The van der Waals surface area contributed by atoms with Gasteiger partial charge in [-0.1, -0.05) is 0 Å². The number of aromatic nitrogens is 1. The number of carbonyl (C=O) groups excluding carboxylic acids is 1. The summed E-state index contributed by atoms with van der Waals surface area (Å²) in [5, 5.41) is 1.85. The molecule has 1 aromatic heterocycles. The van der Waals surface area contributed by atoms with Crippen molar-refractivity contribution in [1.29, 1.82) is 0 Å². The number of rotatable bonds is 4. The van der Waals surface area contributed by atoms with Crippen molar-refractivity contribution in [2.75, 3.05) is 32.2 Å². The molecule has 7 nitrogen and oxygen atoms in total. The van der Waals surface area contributed by atoms with Gasteiger partial charge in [0.25, 0.3) is 0 Å². The van der Waals surface area contributed by atoms with Crippen molar-refractivity contribution in [3.63, 3.8) is 0 Å². The van der Waals surface area contributed by atoms with Crippen LogP contribution in [0.25, 0.3) is 21.9 Å². The number of benzene rings is 2. The van der Waals surface area contributed by atoms with Crippen molar-refractivity contribution in [1.82, 2.24) is 4.98 Å². The molecule has 0 spiro atoms. The lowest BCUT2D eigenvalue weighted by atomic mass is 9.91. The molecule has 7 heteroatoms. The summed E-state index contributed by atoms with van der Waals surface area (Å²) in [6, 6.07) is 9.85. The van der Waals surface area contributed by atoms with E-state index < -0.39 is 0 Å². The van der Waals surface area contributed by atoms with Crippen LogP contribution in [0.3, 0.4) is 0 Å². The normalized spacial score (nSPS) is 20.2. The molecule has 5 rings (SSSR count). The molecular weight excluding hydrogens is 408 g/mol. The fourth-order valence-electron chi connectivity index (χ4n) is 4.73. The highest BCUT2D eigenvalue weighted by molar-refractivity contribution is 6.11. The Labute approximate surface area is 186 Å². The fraction of sp³-hybridized carbons (Fsp3) is 0.360. The van der Waals surface area contributed by atoms with E-state index in [1.54, 1.807) is 14.2 Å². The van der Waals surface area contributed by atoms with E-state index in [-0.39, 0.29) is 24.8 Å². The summed E-state index contributed by atoms with van der Waals surface area (Å²) < 4.78 is 22.2. The molecule has 3 aromatic rings.